The van der Waals surface area contributed by atoms with Crippen molar-refractivity contribution in [2.75, 3.05) is 5.32 Å². The minimum atomic E-state index is -4.91. The molecule has 7 heteroatoms. The van der Waals surface area contributed by atoms with Gasteiger partial charge in [-0.25, -0.2) is 4.39 Å². The minimum Gasteiger partial charge on any atom is -0.380 e. The van der Waals surface area contributed by atoms with Crippen LogP contribution in [-0.4, -0.2) is 22.8 Å². The van der Waals surface area contributed by atoms with Gasteiger partial charge in [0.2, 0.25) is 5.91 Å². The van der Waals surface area contributed by atoms with Crippen LogP contribution in [0.4, 0.5) is 23.2 Å². The first kappa shape index (κ1) is 14.4. The summed E-state index contributed by atoms with van der Waals surface area (Å²) in [6.07, 6.45) is -6.07. The fourth-order valence-electron chi connectivity index (χ4n) is 1.18. The lowest BCUT2D eigenvalue weighted by atomic mass is 10.0. The van der Waals surface area contributed by atoms with Crippen molar-refractivity contribution in [1.82, 2.24) is 0 Å². The van der Waals surface area contributed by atoms with E-state index in [4.69, 9.17) is 5.11 Å². The molecule has 3 nitrogen and oxygen atoms in total. The molecule has 0 heterocycles. The summed E-state index contributed by atoms with van der Waals surface area (Å²) in [4.78, 5) is 11.3. The Balaban J connectivity index is 2.68. The zero-order valence-corrected chi connectivity index (χ0v) is 9.38. The van der Waals surface area contributed by atoms with Gasteiger partial charge >= 0.3 is 6.18 Å². The molecule has 0 saturated carbocycles. The summed E-state index contributed by atoms with van der Waals surface area (Å²) in [5, 5.41) is 11.2. The van der Waals surface area contributed by atoms with Crippen LogP contribution in [0.2, 0.25) is 0 Å². The number of nitrogens with one attached hydrogen (secondary N) is 1. The van der Waals surface area contributed by atoms with E-state index in [1.165, 1.54) is 12.1 Å². The SMILES string of the molecule is CC(O)(CC(=O)Nc1cccc(F)c1)C(F)(F)F. The molecule has 1 aromatic carbocycles. The van der Waals surface area contributed by atoms with Crippen molar-refractivity contribution < 1.29 is 27.5 Å². The average molecular weight is 265 g/mol. The first-order valence-corrected chi connectivity index (χ1v) is 4.96. The summed E-state index contributed by atoms with van der Waals surface area (Å²) in [6.45, 7) is 0.498. The topological polar surface area (TPSA) is 49.3 Å². The number of rotatable bonds is 3. The van der Waals surface area contributed by atoms with Crippen LogP contribution in [0, 0.1) is 5.82 Å². The highest BCUT2D eigenvalue weighted by atomic mass is 19.4. The van der Waals surface area contributed by atoms with Gasteiger partial charge in [0.1, 0.15) is 5.82 Å². The first-order valence-electron chi connectivity index (χ1n) is 4.96. The average Bonchev–Trinajstić information content (AvgIpc) is 2.14. The lowest BCUT2D eigenvalue weighted by molar-refractivity contribution is -0.252. The second-order valence-electron chi connectivity index (χ2n) is 4.01. The highest BCUT2D eigenvalue weighted by molar-refractivity contribution is 5.91. The van der Waals surface area contributed by atoms with E-state index >= 15 is 0 Å². The van der Waals surface area contributed by atoms with Gasteiger partial charge in [-0.15, -0.1) is 0 Å². The van der Waals surface area contributed by atoms with Gasteiger partial charge in [-0.05, 0) is 25.1 Å². The summed E-state index contributed by atoms with van der Waals surface area (Å²) >= 11 is 0. The number of anilines is 1. The summed E-state index contributed by atoms with van der Waals surface area (Å²) in [5.41, 5.74) is -3.09. The van der Waals surface area contributed by atoms with Gasteiger partial charge in [-0.2, -0.15) is 13.2 Å². The molecule has 0 aliphatic carbocycles. The molecular weight excluding hydrogens is 254 g/mol. The molecule has 0 saturated heterocycles. The number of amides is 1. The predicted molar refractivity (Wildman–Crippen MR) is 56.3 cm³/mol. The Morgan fingerprint density at radius 3 is 2.50 bits per heavy atom. The molecule has 1 unspecified atom stereocenters. The van der Waals surface area contributed by atoms with Crippen LogP contribution in [0.1, 0.15) is 13.3 Å². The van der Waals surface area contributed by atoms with Crippen molar-refractivity contribution in [3.63, 3.8) is 0 Å². The molecule has 0 radical (unpaired) electrons. The van der Waals surface area contributed by atoms with E-state index in [-0.39, 0.29) is 5.69 Å². The van der Waals surface area contributed by atoms with E-state index in [2.05, 4.69) is 5.32 Å². The van der Waals surface area contributed by atoms with Gasteiger partial charge in [-0.3, -0.25) is 4.79 Å². The molecular formula is C11H11F4NO2. The van der Waals surface area contributed by atoms with Crippen molar-refractivity contribution in [3.8, 4) is 0 Å². The van der Waals surface area contributed by atoms with Crippen molar-refractivity contribution in [3.05, 3.63) is 30.1 Å². The van der Waals surface area contributed by atoms with Crippen molar-refractivity contribution >= 4 is 11.6 Å². The normalized spacial score (nSPS) is 15.0. The lowest BCUT2D eigenvalue weighted by Gasteiger charge is -2.25. The van der Waals surface area contributed by atoms with Gasteiger partial charge < -0.3 is 10.4 Å². The summed E-state index contributed by atoms with van der Waals surface area (Å²) in [7, 11) is 0. The molecule has 1 rings (SSSR count). The van der Waals surface area contributed by atoms with Gasteiger partial charge in [0.25, 0.3) is 0 Å². The summed E-state index contributed by atoms with van der Waals surface area (Å²) < 4.78 is 49.7. The van der Waals surface area contributed by atoms with E-state index in [0.29, 0.717) is 6.92 Å². The number of carbonyl (C=O) groups excluding carboxylic acids is 1. The Labute approximate surface area is 100 Å². The molecule has 18 heavy (non-hydrogen) atoms. The molecule has 0 aromatic heterocycles. The zero-order valence-electron chi connectivity index (χ0n) is 9.38. The molecule has 0 aliphatic rings. The Bertz CT molecular complexity index is 443. The Morgan fingerprint density at radius 2 is 2.00 bits per heavy atom. The number of benzene rings is 1. The molecule has 100 valence electrons. The van der Waals surface area contributed by atoms with Crippen LogP contribution in [0.3, 0.4) is 0 Å². The number of hydrogen-bond donors (Lipinski definition) is 2. The van der Waals surface area contributed by atoms with E-state index < -0.39 is 29.9 Å². The Kier molecular flexibility index (Phi) is 3.95. The lowest BCUT2D eigenvalue weighted by Crippen LogP contribution is -2.44. The van der Waals surface area contributed by atoms with Gasteiger partial charge in [0, 0.05) is 5.69 Å². The van der Waals surface area contributed by atoms with Gasteiger partial charge in [0.05, 0.1) is 6.42 Å². The van der Waals surface area contributed by atoms with Crippen molar-refractivity contribution in [2.45, 2.75) is 25.1 Å². The van der Waals surface area contributed by atoms with Gasteiger partial charge in [-0.1, -0.05) is 6.07 Å². The van der Waals surface area contributed by atoms with E-state index in [1.807, 2.05) is 0 Å². The Hall–Kier alpha value is -1.63. The molecule has 0 fully saturated rings. The van der Waals surface area contributed by atoms with Crippen molar-refractivity contribution in [1.29, 1.82) is 0 Å². The second kappa shape index (κ2) is 4.93. The predicted octanol–water partition coefficient (Wildman–Crippen LogP) is 2.47. The third-order valence-electron chi connectivity index (χ3n) is 2.22. The minimum absolute atomic E-state index is 0.0259. The number of hydrogen-bond acceptors (Lipinski definition) is 2. The van der Waals surface area contributed by atoms with Crippen LogP contribution in [0.25, 0.3) is 0 Å². The van der Waals surface area contributed by atoms with Crippen LogP contribution >= 0.6 is 0 Å². The molecule has 0 aliphatic heterocycles. The monoisotopic (exact) mass is 265 g/mol. The number of carbonyl (C=O) groups is 1. The standard InChI is InChI=1S/C11H11F4NO2/c1-10(18,11(13,14)15)6-9(17)16-8-4-2-3-7(12)5-8/h2-5,18H,6H2,1H3,(H,16,17). The molecule has 0 bridgehead atoms. The summed E-state index contributed by atoms with van der Waals surface area (Å²) in [5.74, 6) is -1.68. The van der Waals surface area contributed by atoms with E-state index in [0.717, 1.165) is 12.1 Å². The maximum absolute atomic E-state index is 12.8. The molecule has 1 amide bonds. The van der Waals surface area contributed by atoms with Crippen molar-refractivity contribution in [2.24, 2.45) is 0 Å². The van der Waals surface area contributed by atoms with E-state index in [9.17, 15) is 22.4 Å². The van der Waals surface area contributed by atoms with Gasteiger partial charge in [0.15, 0.2) is 5.60 Å². The van der Waals surface area contributed by atoms with E-state index in [1.54, 1.807) is 0 Å². The third kappa shape index (κ3) is 3.69. The van der Waals surface area contributed by atoms with Crippen LogP contribution in [0.15, 0.2) is 24.3 Å². The number of halogens is 4. The fraction of sp³-hybridized carbons (Fsp3) is 0.364. The molecule has 0 spiro atoms. The molecule has 2 N–H and O–H groups in total. The maximum atomic E-state index is 12.8. The fourth-order valence-corrected chi connectivity index (χ4v) is 1.18. The Morgan fingerprint density at radius 1 is 1.39 bits per heavy atom. The molecule has 1 atom stereocenters. The number of alkyl halides is 3. The van der Waals surface area contributed by atoms with Crippen LogP contribution < -0.4 is 5.32 Å². The number of aliphatic hydroxyl groups is 1. The smallest absolute Gasteiger partial charge is 0.380 e. The molecule has 1 aromatic rings. The maximum Gasteiger partial charge on any atom is 0.417 e. The zero-order chi connectivity index (χ0) is 14.0. The quantitative estimate of drug-likeness (QED) is 0.825. The first-order chi connectivity index (χ1) is 8.12. The second-order valence-corrected chi connectivity index (χ2v) is 4.01. The third-order valence-corrected chi connectivity index (χ3v) is 2.22. The van der Waals surface area contributed by atoms with Crippen LogP contribution in [0.5, 0.6) is 0 Å². The largest absolute Gasteiger partial charge is 0.417 e. The highest BCUT2D eigenvalue weighted by Gasteiger charge is 2.50. The summed E-state index contributed by atoms with van der Waals surface area (Å²) in [6, 6.07) is 4.71. The highest BCUT2D eigenvalue weighted by Crippen LogP contribution is 2.32. The van der Waals surface area contributed by atoms with Crippen LogP contribution in [-0.2, 0) is 4.79 Å².